The van der Waals surface area contributed by atoms with Crippen LogP contribution in [0.5, 0.6) is 0 Å². The van der Waals surface area contributed by atoms with Crippen LogP contribution in [-0.2, 0) is 4.74 Å². The molecule has 1 heterocycles. The summed E-state index contributed by atoms with van der Waals surface area (Å²) >= 11 is 0. The highest BCUT2D eigenvalue weighted by Gasteiger charge is 2.24. The maximum Gasteiger partial charge on any atom is 0.146 e. The van der Waals surface area contributed by atoms with Gasteiger partial charge in [-0.2, -0.15) is 0 Å². The number of hydrogen-bond donors (Lipinski definition) is 1. The van der Waals surface area contributed by atoms with Crippen LogP contribution >= 0.6 is 0 Å². The minimum Gasteiger partial charge on any atom is -0.492 e. The van der Waals surface area contributed by atoms with E-state index in [1.165, 1.54) is 18.5 Å². The Kier molecular flexibility index (Phi) is 6.32. The second-order valence-corrected chi connectivity index (χ2v) is 6.76. The van der Waals surface area contributed by atoms with E-state index in [-0.39, 0.29) is 0 Å². The van der Waals surface area contributed by atoms with Gasteiger partial charge in [-0.25, -0.2) is 4.99 Å². The molecule has 1 aliphatic carbocycles. The van der Waals surface area contributed by atoms with Gasteiger partial charge < -0.3 is 14.5 Å². The van der Waals surface area contributed by atoms with E-state index in [9.17, 15) is 0 Å². The molecule has 1 aromatic carbocycles. The predicted molar refractivity (Wildman–Crippen MR) is 113 cm³/mol. The predicted octanol–water partition coefficient (Wildman–Crippen LogP) is 4.54. The van der Waals surface area contributed by atoms with Crippen molar-refractivity contribution in [3.8, 4) is 0 Å². The van der Waals surface area contributed by atoms with Gasteiger partial charge >= 0.3 is 0 Å². The fourth-order valence-electron chi connectivity index (χ4n) is 3.60. The van der Waals surface area contributed by atoms with Crippen molar-refractivity contribution in [2.75, 3.05) is 37.7 Å². The van der Waals surface area contributed by atoms with Crippen LogP contribution in [-0.4, -0.2) is 49.1 Å². The molecular formula is C22H30N4O. The Morgan fingerprint density at radius 1 is 1.04 bits per heavy atom. The number of nitrogens with zero attached hydrogens (tertiary/aromatic N) is 3. The van der Waals surface area contributed by atoms with Crippen molar-refractivity contribution in [1.29, 1.82) is 5.41 Å². The average molecular weight is 367 g/mol. The second kappa shape index (κ2) is 8.89. The fourth-order valence-corrected chi connectivity index (χ4v) is 3.60. The third-order valence-electron chi connectivity index (χ3n) is 5.05. The van der Waals surface area contributed by atoms with Crippen LogP contribution in [0.4, 0.5) is 11.4 Å². The number of hydrogen-bond acceptors (Lipinski definition) is 5. The van der Waals surface area contributed by atoms with Crippen molar-refractivity contribution < 1.29 is 4.74 Å². The van der Waals surface area contributed by atoms with Crippen molar-refractivity contribution in [3.63, 3.8) is 0 Å². The molecule has 1 saturated heterocycles. The van der Waals surface area contributed by atoms with Gasteiger partial charge in [0.1, 0.15) is 5.76 Å². The second-order valence-electron chi connectivity index (χ2n) is 6.76. The maximum absolute atomic E-state index is 8.27. The van der Waals surface area contributed by atoms with Crippen LogP contribution in [0.2, 0.25) is 0 Å². The summed E-state index contributed by atoms with van der Waals surface area (Å²) in [5.41, 5.74) is 4.48. The van der Waals surface area contributed by atoms with Gasteiger partial charge in [0.15, 0.2) is 0 Å². The van der Waals surface area contributed by atoms with Crippen LogP contribution in [0.25, 0.3) is 0 Å². The van der Waals surface area contributed by atoms with Gasteiger partial charge in [0.2, 0.25) is 0 Å². The molecule has 0 bridgehead atoms. The summed E-state index contributed by atoms with van der Waals surface area (Å²) in [4.78, 5) is 9.55. The van der Waals surface area contributed by atoms with E-state index in [1.807, 2.05) is 19.1 Å². The fraction of sp³-hybridized carbons (Fsp3) is 0.455. The molecule has 0 atom stereocenters. The zero-order valence-electron chi connectivity index (χ0n) is 16.7. The standard InChI is InChI=1S/C22H30N4O/c1-4-25(5-2)18-11-9-17(10-12-18)24-20-16-22(27-6-3)19(23)15-21(20)26-13-7-8-14-26/h9-12,15-16,23H,4-8,13-14H2,1-3H3. The number of rotatable bonds is 7. The van der Waals surface area contributed by atoms with Crippen LogP contribution in [0.15, 0.2) is 52.9 Å². The molecule has 27 heavy (non-hydrogen) atoms. The first-order valence-electron chi connectivity index (χ1n) is 10.00. The molecule has 0 radical (unpaired) electrons. The molecule has 3 rings (SSSR count). The highest BCUT2D eigenvalue weighted by molar-refractivity contribution is 6.22. The number of likely N-dealkylation sites (tertiary alicyclic amines) is 1. The molecular weight excluding hydrogens is 336 g/mol. The molecule has 2 aliphatic rings. The Balaban J connectivity index is 1.91. The lowest BCUT2D eigenvalue weighted by Gasteiger charge is -2.25. The number of benzene rings is 1. The van der Waals surface area contributed by atoms with Gasteiger partial charge in [-0.3, -0.25) is 5.41 Å². The van der Waals surface area contributed by atoms with Crippen LogP contribution in [0.1, 0.15) is 33.6 Å². The summed E-state index contributed by atoms with van der Waals surface area (Å²) in [6.45, 7) is 10.9. The Bertz CT molecular complexity index is 751. The molecule has 144 valence electrons. The summed E-state index contributed by atoms with van der Waals surface area (Å²) in [6.07, 6.45) is 6.20. The molecule has 1 aromatic rings. The zero-order chi connectivity index (χ0) is 19.2. The molecule has 0 aromatic heterocycles. The first-order valence-corrected chi connectivity index (χ1v) is 10.00. The van der Waals surface area contributed by atoms with Gasteiger partial charge in [-0.05, 0) is 64.0 Å². The third kappa shape index (κ3) is 4.41. The molecule has 1 N–H and O–H groups in total. The highest BCUT2D eigenvalue weighted by atomic mass is 16.5. The molecule has 1 fully saturated rings. The zero-order valence-corrected chi connectivity index (χ0v) is 16.7. The van der Waals surface area contributed by atoms with Crippen molar-refractivity contribution in [2.24, 2.45) is 4.99 Å². The number of allylic oxidation sites excluding steroid dienone is 2. The topological polar surface area (TPSA) is 51.9 Å². The van der Waals surface area contributed by atoms with Gasteiger partial charge in [0, 0.05) is 37.9 Å². The Hall–Kier alpha value is -2.56. The molecule has 0 spiro atoms. The number of anilines is 1. The summed E-state index contributed by atoms with van der Waals surface area (Å²) in [5, 5.41) is 8.27. The normalized spacial score (nSPS) is 18.6. The van der Waals surface area contributed by atoms with E-state index < -0.39 is 0 Å². The Morgan fingerprint density at radius 3 is 2.30 bits per heavy atom. The third-order valence-corrected chi connectivity index (χ3v) is 5.05. The largest absolute Gasteiger partial charge is 0.492 e. The van der Waals surface area contributed by atoms with E-state index >= 15 is 0 Å². The Morgan fingerprint density at radius 2 is 1.70 bits per heavy atom. The van der Waals surface area contributed by atoms with E-state index in [0.29, 0.717) is 18.1 Å². The van der Waals surface area contributed by atoms with Gasteiger partial charge in [0.25, 0.3) is 0 Å². The molecule has 0 saturated carbocycles. The molecule has 0 unspecified atom stereocenters. The SMILES string of the molecule is CCOC1=CC(=Nc2ccc(N(CC)CC)cc2)C(N2CCCC2)=CC1=N. The smallest absolute Gasteiger partial charge is 0.146 e. The monoisotopic (exact) mass is 366 g/mol. The lowest BCUT2D eigenvalue weighted by Crippen LogP contribution is -2.28. The van der Waals surface area contributed by atoms with Gasteiger partial charge in [-0.15, -0.1) is 0 Å². The Labute approximate surface area is 162 Å². The lowest BCUT2D eigenvalue weighted by molar-refractivity contribution is 0.249. The van der Waals surface area contributed by atoms with Crippen molar-refractivity contribution >= 4 is 22.8 Å². The quantitative estimate of drug-likeness (QED) is 0.721. The van der Waals surface area contributed by atoms with Crippen molar-refractivity contribution in [3.05, 3.63) is 47.9 Å². The van der Waals surface area contributed by atoms with E-state index in [1.54, 1.807) is 0 Å². The van der Waals surface area contributed by atoms with Crippen molar-refractivity contribution in [2.45, 2.75) is 33.6 Å². The minimum atomic E-state index is 0.426. The number of nitrogens with one attached hydrogen (secondary N) is 1. The minimum absolute atomic E-state index is 0.426. The first kappa shape index (κ1) is 19.2. The van der Waals surface area contributed by atoms with Crippen LogP contribution < -0.4 is 4.90 Å². The lowest BCUT2D eigenvalue weighted by atomic mass is 10.1. The molecule has 0 amide bonds. The summed E-state index contributed by atoms with van der Waals surface area (Å²) in [5.74, 6) is 0.596. The van der Waals surface area contributed by atoms with E-state index in [4.69, 9.17) is 15.1 Å². The maximum atomic E-state index is 8.27. The van der Waals surface area contributed by atoms with Gasteiger partial charge in [0.05, 0.1) is 29.4 Å². The van der Waals surface area contributed by atoms with Crippen molar-refractivity contribution in [1.82, 2.24) is 4.90 Å². The highest BCUT2D eigenvalue weighted by Crippen LogP contribution is 2.26. The van der Waals surface area contributed by atoms with E-state index in [0.717, 1.165) is 43.3 Å². The average Bonchev–Trinajstić information content (AvgIpc) is 3.21. The molecule has 5 heteroatoms. The molecule has 5 nitrogen and oxygen atoms in total. The van der Waals surface area contributed by atoms with Crippen LogP contribution in [0, 0.1) is 5.41 Å². The number of aliphatic imine (C=N–C) groups is 1. The summed E-state index contributed by atoms with van der Waals surface area (Å²) in [7, 11) is 0. The van der Waals surface area contributed by atoms with Gasteiger partial charge in [-0.1, -0.05) is 0 Å². The summed E-state index contributed by atoms with van der Waals surface area (Å²) < 4.78 is 5.64. The number of ether oxygens (including phenoxy) is 1. The molecule has 1 aliphatic heterocycles. The first-order chi connectivity index (χ1) is 13.2. The summed E-state index contributed by atoms with van der Waals surface area (Å²) in [6, 6.07) is 8.39. The van der Waals surface area contributed by atoms with Crippen LogP contribution in [0.3, 0.4) is 0 Å². The van der Waals surface area contributed by atoms with E-state index in [2.05, 4.69) is 47.9 Å².